The number of halogens is 2. The fourth-order valence-electron chi connectivity index (χ4n) is 7.84. The molecule has 1 saturated heterocycles. The van der Waals surface area contributed by atoms with Crippen LogP contribution >= 0.6 is 0 Å². The molecule has 218 valence electrons. The normalized spacial score (nSPS) is 29.5. The lowest BCUT2D eigenvalue weighted by molar-refractivity contribution is -0.0421. The van der Waals surface area contributed by atoms with Gasteiger partial charge in [-0.15, -0.1) is 0 Å². The average molecular weight is 551 g/mol. The van der Waals surface area contributed by atoms with E-state index in [-0.39, 0.29) is 17.4 Å². The summed E-state index contributed by atoms with van der Waals surface area (Å²) in [5.74, 6) is 2.55. The standard InChI is InChI=1S/C36H48F2O2/c1-3-5-6-7-25-8-10-26(11-9-25)27-12-14-28(15-13-27)31-20-22-33(40-24-31)30-18-16-29(17-19-30)32-21-23-34(39-4-2)36(38)35(32)37/h3,5,16-19,21,23,25-28,31,33H,4,6-15,20,22,24H2,1-2H3/b5-3+. The Bertz CT molecular complexity index is 1090. The molecule has 0 N–H and O–H groups in total. The Morgan fingerprint density at radius 3 is 2.00 bits per heavy atom. The summed E-state index contributed by atoms with van der Waals surface area (Å²) in [6, 6.07) is 10.9. The van der Waals surface area contributed by atoms with Crippen molar-refractivity contribution in [3.63, 3.8) is 0 Å². The molecule has 1 heterocycles. The molecule has 0 radical (unpaired) electrons. The van der Waals surface area contributed by atoms with Crippen LogP contribution in [0.5, 0.6) is 5.75 Å². The topological polar surface area (TPSA) is 18.5 Å². The maximum absolute atomic E-state index is 14.7. The first-order chi connectivity index (χ1) is 19.6. The summed E-state index contributed by atoms with van der Waals surface area (Å²) >= 11 is 0. The van der Waals surface area contributed by atoms with Crippen molar-refractivity contribution in [3.8, 4) is 16.9 Å². The lowest BCUT2D eigenvalue weighted by Gasteiger charge is -2.41. The second kappa shape index (κ2) is 14.1. The van der Waals surface area contributed by atoms with Gasteiger partial charge in [0.2, 0.25) is 5.82 Å². The fraction of sp³-hybridized carbons (Fsp3) is 0.611. The molecule has 0 aromatic heterocycles. The van der Waals surface area contributed by atoms with E-state index >= 15 is 0 Å². The molecule has 1 aliphatic heterocycles. The van der Waals surface area contributed by atoms with Gasteiger partial charge < -0.3 is 9.47 Å². The Morgan fingerprint density at radius 1 is 0.775 bits per heavy atom. The van der Waals surface area contributed by atoms with Crippen LogP contribution in [0.25, 0.3) is 11.1 Å². The SMILES string of the molecule is C/C=C/CCC1CCC(C2CCC(C3CCC(c4ccc(-c5ccc(OCC)c(F)c5F)cc4)OC3)CC2)CC1. The van der Waals surface area contributed by atoms with Crippen molar-refractivity contribution in [2.24, 2.45) is 29.6 Å². The zero-order valence-electron chi connectivity index (χ0n) is 24.6. The third-order valence-electron chi connectivity index (χ3n) is 10.3. The summed E-state index contributed by atoms with van der Waals surface area (Å²) in [6.07, 6.45) is 20.9. The van der Waals surface area contributed by atoms with Crippen molar-refractivity contribution >= 4 is 0 Å². The van der Waals surface area contributed by atoms with Crippen LogP contribution in [0.2, 0.25) is 0 Å². The van der Waals surface area contributed by atoms with Crippen molar-refractivity contribution in [1.29, 1.82) is 0 Å². The van der Waals surface area contributed by atoms with Crippen molar-refractivity contribution in [1.82, 2.24) is 0 Å². The molecule has 2 unspecified atom stereocenters. The molecule has 5 rings (SSSR count). The number of ether oxygens (including phenoxy) is 2. The van der Waals surface area contributed by atoms with Gasteiger partial charge in [-0.3, -0.25) is 0 Å². The molecule has 2 aromatic rings. The predicted molar refractivity (Wildman–Crippen MR) is 159 cm³/mol. The first-order valence-corrected chi connectivity index (χ1v) is 16.0. The molecule has 40 heavy (non-hydrogen) atoms. The molecule has 2 atom stereocenters. The molecule has 2 saturated carbocycles. The molecular weight excluding hydrogens is 502 g/mol. The van der Waals surface area contributed by atoms with Crippen molar-refractivity contribution in [2.45, 2.75) is 97.0 Å². The van der Waals surface area contributed by atoms with E-state index < -0.39 is 11.6 Å². The average Bonchev–Trinajstić information content (AvgIpc) is 3.01. The van der Waals surface area contributed by atoms with E-state index in [2.05, 4.69) is 19.1 Å². The Morgan fingerprint density at radius 2 is 1.40 bits per heavy atom. The lowest BCUT2D eigenvalue weighted by atomic mass is 9.66. The first-order valence-electron chi connectivity index (χ1n) is 16.0. The van der Waals surface area contributed by atoms with Crippen molar-refractivity contribution in [3.05, 3.63) is 65.7 Å². The van der Waals surface area contributed by atoms with Gasteiger partial charge in [0, 0.05) is 5.56 Å². The number of benzene rings is 2. The molecule has 2 aliphatic carbocycles. The molecule has 3 aliphatic rings. The maximum Gasteiger partial charge on any atom is 0.201 e. The highest BCUT2D eigenvalue weighted by Gasteiger charge is 2.35. The number of allylic oxidation sites excluding steroid dienone is 2. The van der Waals surface area contributed by atoms with Crippen molar-refractivity contribution < 1.29 is 18.3 Å². The second-order valence-corrected chi connectivity index (χ2v) is 12.6. The highest BCUT2D eigenvalue weighted by molar-refractivity contribution is 5.65. The highest BCUT2D eigenvalue weighted by Crippen LogP contribution is 2.46. The van der Waals surface area contributed by atoms with Crippen LogP contribution in [-0.4, -0.2) is 13.2 Å². The predicted octanol–water partition coefficient (Wildman–Crippen LogP) is 10.5. The van der Waals surface area contributed by atoms with Gasteiger partial charge in [0.05, 0.1) is 19.3 Å². The van der Waals surface area contributed by atoms with Crippen LogP contribution in [0.1, 0.15) is 103 Å². The Balaban J connectivity index is 1.07. The van der Waals surface area contributed by atoms with Gasteiger partial charge >= 0.3 is 0 Å². The maximum atomic E-state index is 14.7. The van der Waals surface area contributed by atoms with Crippen LogP contribution in [0.4, 0.5) is 8.78 Å². The van der Waals surface area contributed by atoms with Gasteiger partial charge in [-0.25, -0.2) is 4.39 Å². The van der Waals surface area contributed by atoms with Gasteiger partial charge in [-0.2, -0.15) is 4.39 Å². The molecule has 4 heteroatoms. The van der Waals surface area contributed by atoms with E-state index in [4.69, 9.17) is 9.47 Å². The third-order valence-corrected chi connectivity index (χ3v) is 10.3. The van der Waals surface area contributed by atoms with E-state index in [1.165, 1.54) is 76.7 Å². The molecule has 0 spiro atoms. The monoisotopic (exact) mass is 550 g/mol. The summed E-state index contributed by atoms with van der Waals surface area (Å²) in [5.41, 5.74) is 2.04. The number of rotatable bonds is 9. The Kier molecular flexibility index (Phi) is 10.3. The third kappa shape index (κ3) is 6.98. The van der Waals surface area contributed by atoms with E-state index in [1.807, 2.05) is 24.3 Å². The molecule has 0 amide bonds. The van der Waals surface area contributed by atoms with Crippen LogP contribution in [0, 0.1) is 41.2 Å². The van der Waals surface area contributed by atoms with Gasteiger partial charge in [0.25, 0.3) is 0 Å². The molecule has 2 nitrogen and oxygen atoms in total. The van der Waals surface area contributed by atoms with Gasteiger partial charge in [-0.1, -0.05) is 49.3 Å². The number of hydrogen-bond donors (Lipinski definition) is 0. The van der Waals surface area contributed by atoms with Gasteiger partial charge in [0.15, 0.2) is 11.6 Å². The van der Waals surface area contributed by atoms with Crippen LogP contribution in [0.15, 0.2) is 48.6 Å². The van der Waals surface area contributed by atoms with Crippen LogP contribution in [-0.2, 0) is 4.74 Å². The lowest BCUT2D eigenvalue weighted by Crippen LogP contribution is -2.32. The smallest absolute Gasteiger partial charge is 0.201 e. The first kappa shape index (κ1) is 29.3. The van der Waals surface area contributed by atoms with Crippen LogP contribution < -0.4 is 4.74 Å². The summed E-state index contributed by atoms with van der Waals surface area (Å²) < 4.78 is 40.6. The summed E-state index contributed by atoms with van der Waals surface area (Å²) in [6.45, 7) is 5.03. The summed E-state index contributed by atoms with van der Waals surface area (Å²) in [7, 11) is 0. The van der Waals surface area contributed by atoms with Gasteiger partial charge in [-0.05, 0) is 131 Å². The van der Waals surface area contributed by atoms with Crippen LogP contribution in [0.3, 0.4) is 0 Å². The zero-order valence-corrected chi connectivity index (χ0v) is 24.6. The minimum absolute atomic E-state index is 0.0441. The minimum Gasteiger partial charge on any atom is -0.491 e. The van der Waals surface area contributed by atoms with E-state index in [1.54, 1.807) is 13.0 Å². The van der Waals surface area contributed by atoms with Crippen molar-refractivity contribution in [2.75, 3.05) is 13.2 Å². The summed E-state index contributed by atoms with van der Waals surface area (Å²) in [4.78, 5) is 0. The number of hydrogen-bond acceptors (Lipinski definition) is 2. The zero-order chi connectivity index (χ0) is 27.9. The molecular formula is C36H48F2O2. The van der Waals surface area contributed by atoms with E-state index in [9.17, 15) is 8.78 Å². The minimum atomic E-state index is -0.929. The van der Waals surface area contributed by atoms with E-state index in [0.717, 1.165) is 42.3 Å². The fourth-order valence-corrected chi connectivity index (χ4v) is 7.84. The molecule has 3 fully saturated rings. The second-order valence-electron chi connectivity index (χ2n) is 12.6. The van der Waals surface area contributed by atoms with Gasteiger partial charge in [0.1, 0.15) is 0 Å². The largest absolute Gasteiger partial charge is 0.491 e. The van der Waals surface area contributed by atoms with E-state index in [0.29, 0.717) is 18.1 Å². The highest BCUT2D eigenvalue weighted by atomic mass is 19.2. The Hall–Kier alpha value is -2.20. The quantitative estimate of drug-likeness (QED) is 0.289. The molecule has 2 aromatic carbocycles. The molecule has 0 bridgehead atoms. The summed E-state index contributed by atoms with van der Waals surface area (Å²) in [5, 5.41) is 0. The Labute approximate surface area is 240 Å².